The number of para-hydroxylation sites is 1. The van der Waals surface area contributed by atoms with Crippen molar-refractivity contribution in [1.82, 2.24) is 4.90 Å². The SMILES string of the molecule is O=C(c1ccc(F)cc1)N1CCC(C(=O)N2CCc3ccccc32)CC1. The second kappa shape index (κ2) is 6.90. The molecule has 0 bridgehead atoms. The number of rotatable bonds is 2. The third-order valence-electron chi connectivity index (χ3n) is 5.38. The third kappa shape index (κ3) is 3.09. The molecule has 0 saturated carbocycles. The zero-order valence-corrected chi connectivity index (χ0v) is 14.5. The molecule has 0 N–H and O–H groups in total. The van der Waals surface area contributed by atoms with Crippen LogP contribution in [-0.4, -0.2) is 36.3 Å². The van der Waals surface area contributed by atoms with E-state index in [2.05, 4.69) is 6.07 Å². The molecule has 2 aromatic carbocycles. The first-order valence-electron chi connectivity index (χ1n) is 9.07. The minimum atomic E-state index is -0.350. The Morgan fingerprint density at radius 1 is 0.923 bits per heavy atom. The zero-order chi connectivity index (χ0) is 18.1. The molecule has 4 rings (SSSR count). The Morgan fingerprint density at radius 3 is 2.35 bits per heavy atom. The molecular weight excluding hydrogens is 331 g/mol. The smallest absolute Gasteiger partial charge is 0.253 e. The van der Waals surface area contributed by atoms with Crippen molar-refractivity contribution < 1.29 is 14.0 Å². The number of nitrogens with zero attached hydrogens (tertiary/aromatic N) is 2. The highest BCUT2D eigenvalue weighted by Crippen LogP contribution is 2.31. The van der Waals surface area contributed by atoms with Gasteiger partial charge in [0.25, 0.3) is 5.91 Å². The van der Waals surface area contributed by atoms with Crippen LogP contribution in [0.4, 0.5) is 10.1 Å². The summed E-state index contributed by atoms with van der Waals surface area (Å²) >= 11 is 0. The maximum Gasteiger partial charge on any atom is 0.253 e. The molecule has 2 aliphatic heterocycles. The number of benzene rings is 2. The van der Waals surface area contributed by atoms with Crippen molar-refractivity contribution in [3.8, 4) is 0 Å². The summed E-state index contributed by atoms with van der Waals surface area (Å²) in [5.41, 5.74) is 2.75. The van der Waals surface area contributed by atoms with Gasteiger partial charge in [-0.05, 0) is 55.2 Å². The lowest BCUT2D eigenvalue weighted by Crippen LogP contribution is -2.44. The molecule has 0 aliphatic carbocycles. The van der Waals surface area contributed by atoms with E-state index in [4.69, 9.17) is 0 Å². The number of carbonyl (C=O) groups excluding carboxylic acids is 2. The first-order chi connectivity index (χ1) is 12.6. The Morgan fingerprint density at radius 2 is 1.62 bits per heavy atom. The number of fused-ring (bicyclic) bond motifs is 1. The molecule has 4 nitrogen and oxygen atoms in total. The number of carbonyl (C=O) groups is 2. The second-order valence-corrected chi connectivity index (χ2v) is 6.94. The minimum Gasteiger partial charge on any atom is -0.339 e. The van der Waals surface area contributed by atoms with Crippen molar-refractivity contribution in [1.29, 1.82) is 0 Å². The van der Waals surface area contributed by atoms with Crippen LogP contribution < -0.4 is 4.90 Å². The van der Waals surface area contributed by atoms with E-state index in [-0.39, 0.29) is 23.5 Å². The van der Waals surface area contributed by atoms with Gasteiger partial charge in [0.2, 0.25) is 5.91 Å². The van der Waals surface area contributed by atoms with Crippen LogP contribution in [0, 0.1) is 11.7 Å². The maximum absolute atomic E-state index is 13.0. The highest BCUT2D eigenvalue weighted by Gasteiger charge is 2.33. The Kier molecular flexibility index (Phi) is 4.45. The number of hydrogen-bond acceptors (Lipinski definition) is 2. The van der Waals surface area contributed by atoms with E-state index in [1.807, 2.05) is 23.1 Å². The fourth-order valence-electron chi connectivity index (χ4n) is 3.89. The number of anilines is 1. The van der Waals surface area contributed by atoms with E-state index < -0.39 is 0 Å². The van der Waals surface area contributed by atoms with Crippen molar-refractivity contribution in [2.45, 2.75) is 19.3 Å². The van der Waals surface area contributed by atoms with Gasteiger partial charge >= 0.3 is 0 Å². The van der Waals surface area contributed by atoms with Gasteiger partial charge in [0.05, 0.1) is 0 Å². The van der Waals surface area contributed by atoms with Gasteiger partial charge in [0.15, 0.2) is 0 Å². The Hall–Kier alpha value is -2.69. The summed E-state index contributed by atoms with van der Waals surface area (Å²) in [4.78, 5) is 29.1. The standard InChI is InChI=1S/C21H21FN2O2/c22-18-7-5-16(6-8-18)20(25)23-12-9-17(10-13-23)21(26)24-14-11-15-3-1-2-4-19(15)24/h1-8,17H,9-14H2. The van der Waals surface area contributed by atoms with E-state index in [0.29, 0.717) is 31.5 Å². The zero-order valence-electron chi connectivity index (χ0n) is 14.5. The van der Waals surface area contributed by atoms with Crippen LogP contribution in [0.25, 0.3) is 0 Å². The molecule has 2 amide bonds. The quantitative estimate of drug-likeness (QED) is 0.832. The summed E-state index contributed by atoms with van der Waals surface area (Å²) in [6, 6.07) is 13.7. The van der Waals surface area contributed by atoms with Crippen molar-refractivity contribution in [3.05, 3.63) is 65.5 Å². The van der Waals surface area contributed by atoms with E-state index in [0.717, 1.165) is 18.7 Å². The van der Waals surface area contributed by atoms with E-state index >= 15 is 0 Å². The van der Waals surface area contributed by atoms with Gasteiger partial charge in [-0.25, -0.2) is 4.39 Å². The van der Waals surface area contributed by atoms with Gasteiger partial charge in [-0.3, -0.25) is 9.59 Å². The van der Waals surface area contributed by atoms with Gasteiger partial charge in [0, 0.05) is 36.8 Å². The number of halogens is 1. The summed E-state index contributed by atoms with van der Waals surface area (Å²) in [6.07, 6.45) is 2.25. The topological polar surface area (TPSA) is 40.6 Å². The summed E-state index contributed by atoms with van der Waals surface area (Å²) in [5.74, 6) is -0.318. The van der Waals surface area contributed by atoms with Crippen LogP contribution in [0.5, 0.6) is 0 Å². The average Bonchev–Trinajstić information content (AvgIpc) is 3.12. The predicted molar refractivity (Wildman–Crippen MR) is 97.5 cm³/mol. The largest absolute Gasteiger partial charge is 0.339 e. The van der Waals surface area contributed by atoms with Crippen LogP contribution in [0.1, 0.15) is 28.8 Å². The molecule has 0 atom stereocenters. The highest BCUT2D eigenvalue weighted by atomic mass is 19.1. The van der Waals surface area contributed by atoms with Crippen molar-refractivity contribution in [3.63, 3.8) is 0 Å². The maximum atomic E-state index is 13.0. The van der Waals surface area contributed by atoms with Gasteiger partial charge in [-0.1, -0.05) is 18.2 Å². The van der Waals surface area contributed by atoms with Gasteiger partial charge in [0.1, 0.15) is 5.82 Å². The first-order valence-corrected chi connectivity index (χ1v) is 9.07. The predicted octanol–water partition coefficient (Wildman–Crippen LogP) is 3.27. The average molecular weight is 352 g/mol. The summed E-state index contributed by atoms with van der Waals surface area (Å²) in [5, 5.41) is 0. The van der Waals surface area contributed by atoms with Crippen LogP contribution in [0.2, 0.25) is 0 Å². The van der Waals surface area contributed by atoms with Crippen LogP contribution in [0.15, 0.2) is 48.5 Å². The minimum absolute atomic E-state index is 0.0431. The van der Waals surface area contributed by atoms with Crippen LogP contribution in [-0.2, 0) is 11.2 Å². The summed E-state index contributed by atoms with van der Waals surface area (Å²) in [7, 11) is 0. The number of likely N-dealkylation sites (tertiary alicyclic amines) is 1. The molecule has 0 unspecified atom stereocenters. The van der Waals surface area contributed by atoms with E-state index in [1.165, 1.54) is 29.8 Å². The van der Waals surface area contributed by atoms with Gasteiger partial charge in [-0.15, -0.1) is 0 Å². The molecule has 0 aromatic heterocycles. The van der Waals surface area contributed by atoms with E-state index in [1.54, 1.807) is 4.90 Å². The Bertz CT molecular complexity index is 826. The van der Waals surface area contributed by atoms with Crippen LogP contribution in [0.3, 0.4) is 0 Å². The van der Waals surface area contributed by atoms with Crippen molar-refractivity contribution in [2.75, 3.05) is 24.5 Å². The molecule has 0 spiro atoms. The number of hydrogen-bond donors (Lipinski definition) is 0. The third-order valence-corrected chi connectivity index (χ3v) is 5.38. The lowest BCUT2D eigenvalue weighted by Gasteiger charge is -2.33. The lowest BCUT2D eigenvalue weighted by molar-refractivity contribution is -0.123. The molecule has 1 fully saturated rings. The first kappa shape index (κ1) is 16.8. The molecule has 134 valence electrons. The normalized spacial score (nSPS) is 17.3. The Balaban J connectivity index is 1.39. The monoisotopic (exact) mass is 352 g/mol. The fraction of sp³-hybridized carbons (Fsp3) is 0.333. The Labute approximate surface area is 152 Å². The molecule has 2 aliphatic rings. The van der Waals surface area contributed by atoms with Gasteiger partial charge < -0.3 is 9.80 Å². The number of amides is 2. The molecular formula is C21H21FN2O2. The van der Waals surface area contributed by atoms with Crippen molar-refractivity contribution in [2.24, 2.45) is 5.92 Å². The molecule has 2 aromatic rings. The van der Waals surface area contributed by atoms with E-state index in [9.17, 15) is 14.0 Å². The molecule has 0 radical (unpaired) electrons. The van der Waals surface area contributed by atoms with Crippen molar-refractivity contribution >= 4 is 17.5 Å². The second-order valence-electron chi connectivity index (χ2n) is 6.94. The molecule has 26 heavy (non-hydrogen) atoms. The number of piperidine rings is 1. The summed E-state index contributed by atoms with van der Waals surface area (Å²) < 4.78 is 13.0. The fourth-order valence-corrected chi connectivity index (χ4v) is 3.89. The van der Waals surface area contributed by atoms with Crippen LogP contribution >= 0.6 is 0 Å². The molecule has 5 heteroatoms. The molecule has 2 heterocycles. The molecule has 1 saturated heterocycles. The summed E-state index contributed by atoms with van der Waals surface area (Å²) in [6.45, 7) is 1.86. The highest BCUT2D eigenvalue weighted by molar-refractivity contribution is 5.97. The lowest BCUT2D eigenvalue weighted by atomic mass is 9.94. The van der Waals surface area contributed by atoms with Gasteiger partial charge in [-0.2, -0.15) is 0 Å².